The lowest BCUT2D eigenvalue weighted by atomic mass is 10.1. The number of imidazole rings is 1. The summed E-state index contributed by atoms with van der Waals surface area (Å²) >= 11 is 14.3. The Balaban J connectivity index is 1.55. The zero-order valence-electron chi connectivity index (χ0n) is 15.8. The van der Waals surface area contributed by atoms with E-state index in [1.165, 1.54) is 12.1 Å². The van der Waals surface area contributed by atoms with Gasteiger partial charge in [-0.1, -0.05) is 35.3 Å². The fourth-order valence-electron chi connectivity index (χ4n) is 2.95. The minimum Gasteiger partial charge on any atom is -0.488 e. The lowest BCUT2D eigenvalue weighted by Gasteiger charge is -2.10. The van der Waals surface area contributed by atoms with Crippen molar-refractivity contribution in [2.24, 2.45) is 0 Å². The second-order valence-electron chi connectivity index (χ2n) is 6.63. The third-order valence-electron chi connectivity index (χ3n) is 4.48. The van der Waals surface area contributed by atoms with E-state index in [1.54, 1.807) is 24.3 Å². The molecule has 4 rings (SSSR count). The number of aromatic amines is 1. The van der Waals surface area contributed by atoms with Crippen LogP contribution in [0, 0.1) is 20.7 Å². The average molecular weight is 564 g/mol. The molecule has 0 amide bonds. The molecule has 0 unspecified atom stereocenters. The molecule has 0 spiro atoms. The van der Waals surface area contributed by atoms with Crippen LogP contribution < -0.4 is 4.74 Å². The molecule has 0 saturated heterocycles. The number of H-pyrrole nitrogens is 1. The van der Waals surface area contributed by atoms with Gasteiger partial charge in [-0.3, -0.25) is 0 Å². The minimum absolute atomic E-state index is 0.306. The lowest BCUT2D eigenvalue weighted by molar-refractivity contribution is 0.304. The number of halogens is 4. The standard InChI is InChI=1S/C23H13Cl2FIN3O/c24-16-3-2-14(18(25)9-16)12-31-22-6-1-13(8-19(22)27)7-15(11-28)23-29-20-5-4-17(26)10-21(20)30-23/h1-10H,12H2,(H,29,30)/b15-7-. The monoisotopic (exact) mass is 563 g/mol. The first-order chi connectivity index (χ1) is 14.9. The van der Waals surface area contributed by atoms with Crippen LogP contribution in [-0.2, 0) is 6.61 Å². The molecule has 0 radical (unpaired) electrons. The Labute approximate surface area is 201 Å². The molecule has 1 heterocycles. The molecule has 0 bridgehead atoms. The Morgan fingerprint density at radius 3 is 2.74 bits per heavy atom. The van der Waals surface area contributed by atoms with Crippen molar-refractivity contribution in [1.29, 1.82) is 5.26 Å². The summed E-state index contributed by atoms with van der Waals surface area (Å²) < 4.78 is 20.2. The number of hydrogen-bond acceptors (Lipinski definition) is 3. The van der Waals surface area contributed by atoms with Crippen molar-refractivity contribution >= 4 is 68.5 Å². The van der Waals surface area contributed by atoms with Gasteiger partial charge >= 0.3 is 0 Å². The number of fused-ring (bicyclic) bond motifs is 1. The molecule has 0 fully saturated rings. The number of hydrogen-bond donors (Lipinski definition) is 1. The summed E-state index contributed by atoms with van der Waals surface area (Å²) in [7, 11) is 0. The fourth-order valence-corrected chi connectivity index (χ4v) is 4.11. The van der Waals surface area contributed by atoms with E-state index in [0.717, 1.165) is 14.7 Å². The van der Waals surface area contributed by atoms with Crippen molar-refractivity contribution < 1.29 is 9.13 Å². The molecular formula is C23H13Cl2FIN3O. The maximum atomic E-state index is 13.4. The van der Waals surface area contributed by atoms with Crippen LogP contribution in [0.1, 0.15) is 17.0 Å². The van der Waals surface area contributed by atoms with Crippen molar-refractivity contribution in [2.75, 3.05) is 0 Å². The number of benzene rings is 3. The van der Waals surface area contributed by atoms with Gasteiger partial charge in [0.1, 0.15) is 30.1 Å². The third-order valence-corrected chi connectivity index (χ3v) is 5.91. The summed E-state index contributed by atoms with van der Waals surface area (Å²) in [6.07, 6.45) is 1.72. The molecule has 3 aromatic carbocycles. The molecule has 4 nitrogen and oxygen atoms in total. The van der Waals surface area contributed by atoms with Gasteiger partial charge in [-0.2, -0.15) is 5.26 Å². The Morgan fingerprint density at radius 2 is 2.00 bits per heavy atom. The van der Waals surface area contributed by atoms with Gasteiger partial charge in [-0.05, 0) is 76.7 Å². The van der Waals surface area contributed by atoms with Gasteiger partial charge in [0.05, 0.1) is 20.2 Å². The van der Waals surface area contributed by atoms with Crippen LogP contribution in [0.15, 0.2) is 54.6 Å². The van der Waals surface area contributed by atoms with E-state index in [-0.39, 0.29) is 5.82 Å². The van der Waals surface area contributed by atoms with E-state index in [0.29, 0.717) is 44.8 Å². The van der Waals surface area contributed by atoms with E-state index in [1.807, 2.05) is 24.3 Å². The minimum atomic E-state index is -0.366. The number of nitrogens with zero attached hydrogens (tertiary/aromatic N) is 2. The predicted octanol–water partition coefficient (Wildman–Crippen LogP) is 7.26. The molecule has 1 N–H and O–H groups in total. The zero-order chi connectivity index (χ0) is 22.0. The van der Waals surface area contributed by atoms with Crippen LogP contribution in [0.3, 0.4) is 0 Å². The van der Waals surface area contributed by atoms with Crippen LogP contribution in [0.25, 0.3) is 22.7 Å². The van der Waals surface area contributed by atoms with Gasteiger partial charge in [0.2, 0.25) is 0 Å². The molecule has 0 aliphatic heterocycles. The Kier molecular flexibility index (Phi) is 6.46. The summed E-state index contributed by atoms with van der Waals surface area (Å²) in [6, 6.07) is 17.3. The fraction of sp³-hybridized carbons (Fsp3) is 0.0435. The summed E-state index contributed by atoms with van der Waals surface area (Å²) in [5, 5.41) is 10.7. The second kappa shape index (κ2) is 9.27. The first-order valence-electron chi connectivity index (χ1n) is 9.06. The molecule has 154 valence electrons. The zero-order valence-corrected chi connectivity index (χ0v) is 19.5. The number of nitrogens with one attached hydrogen (secondary N) is 1. The lowest BCUT2D eigenvalue weighted by Crippen LogP contribution is -1.98. The van der Waals surface area contributed by atoms with Gasteiger partial charge in [0.25, 0.3) is 0 Å². The summed E-state index contributed by atoms with van der Waals surface area (Å²) in [5.41, 5.74) is 3.12. The Morgan fingerprint density at radius 1 is 1.16 bits per heavy atom. The summed E-state index contributed by atoms with van der Waals surface area (Å²) in [6.45, 7) is 0.306. The van der Waals surface area contributed by atoms with Gasteiger partial charge in [-0.25, -0.2) is 9.37 Å². The normalized spacial score (nSPS) is 11.5. The van der Waals surface area contributed by atoms with Crippen LogP contribution in [0.5, 0.6) is 5.75 Å². The Bertz CT molecular complexity index is 1360. The van der Waals surface area contributed by atoms with Crippen molar-refractivity contribution in [1.82, 2.24) is 9.97 Å². The molecule has 31 heavy (non-hydrogen) atoms. The van der Waals surface area contributed by atoms with Gasteiger partial charge in [0, 0.05) is 15.6 Å². The van der Waals surface area contributed by atoms with Crippen molar-refractivity contribution in [3.63, 3.8) is 0 Å². The van der Waals surface area contributed by atoms with Crippen molar-refractivity contribution in [3.8, 4) is 11.8 Å². The Hall–Kier alpha value is -2.60. The highest BCUT2D eigenvalue weighted by molar-refractivity contribution is 14.1. The predicted molar refractivity (Wildman–Crippen MR) is 129 cm³/mol. The van der Waals surface area contributed by atoms with Crippen LogP contribution in [0.4, 0.5) is 4.39 Å². The second-order valence-corrected chi connectivity index (χ2v) is 8.64. The average Bonchev–Trinajstić information content (AvgIpc) is 3.15. The quantitative estimate of drug-likeness (QED) is 0.205. The van der Waals surface area contributed by atoms with E-state index in [9.17, 15) is 9.65 Å². The number of rotatable bonds is 5. The molecule has 0 aliphatic carbocycles. The maximum Gasteiger partial charge on any atom is 0.149 e. The molecule has 8 heteroatoms. The smallest absolute Gasteiger partial charge is 0.149 e. The molecule has 0 saturated carbocycles. The first kappa shape index (κ1) is 21.6. The summed E-state index contributed by atoms with van der Waals surface area (Å²) in [5.74, 6) is 0.715. The van der Waals surface area contributed by atoms with Crippen LogP contribution in [-0.4, -0.2) is 9.97 Å². The molecule has 0 atom stereocenters. The molecule has 1 aromatic heterocycles. The first-order valence-corrected chi connectivity index (χ1v) is 10.9. The highest BCUT2D eigenvalue weighted by atomic mass is 127. The number of aromatic nitrogens is 2. The molecule has 4 aromatic rings. The molecular weight excluding hydrogens is 551 g/mol. The van der Waals surface area contributed by atoms with Crippen molar-refractivity contribution in [2.45, 2.75) is 6.61 Å². The van der Waals surface area contributed by atoms with Gasteiger partial charge < -0.3 is 9.72 Å². The van der Waals surface area contributed by atoms with Gasteiger partial charge in [-0.15, -0.1) is 0 Å². The van der Waals surface area contributed by atoms with E-state index in [2.05, 4.69) is 38.6 Å². The largest absolute Gasteiger partial charge is 0.488 e. The topological polar surface area (TPSA) is 61.7 Å². The number of nitriles is 1. The number of ether oxygens (including phenoxy) is 1. The SMILES string of the molecule is N#C/C(=C/c1ccc(OCc2ccc(Cl)cc2Cl)c(I)c1)c1nc2ccc(F)cc2[nH]1. The van der Waals surface area contributed by atoms with E-state index < -0.39 is 0 Å². The number of allylic oxidation sites excluding steroid dienone is 1. The maximum absolute atomic E-state index is 13.4. The van der Waals surface area contributed by atoms with Crippen LogP contribution in [0.2, 0.25) is 10.0 Å². The van der Waals surface area contributed by atoms with Crippen LogP contribution >= 0.6 is 45.8 Å². The van der Waals surface area contributed by atoms with E-state index in [4.69, 9.17) is 27.9 Å². The van der Waals surface area contributed by atoms with Crippen molar-refractivity contribution in [3.05, 3.63) is 91.0 Å². The highest BCUT2D eigenvalue weighted by Gasteiger charge is 2.10. The van der Waals surface area contributed by atoms with E-state index >= 15 is 0 Å². The van der Waals surface area contributed by atoms with Gasteiger partial charge in [0.15, 0.2) is 0 Å². The molecule has 0 aliphatic rings. The third kappa shape index (κ3) is 5.01. The highest BCUT2D eigenvalue weighted by Crippen LogP contribution is 2.28. The summed E-state index contributed by atoms with van der Waals surface area (Å²) in [4.78, 5) is 7.37.